The zero-order valence-corrected chi connectivity index (χ0v) is 31.9. The Balaban J connectivity index is 0. The van der Waals surface area contributed by atoms with Gasteiger partial charge in [0.2, 0.25) is 0 Å². The zero-order chi connectivity index (χ0) is 33.8. The first kappa shape index (κ1) is 48.0. The van der Waals surface area contributed by atoms with Gasteiger partial charge in [-0.3, -0.25) is 19.8 Å². The van der Waals surface area contributed by atoms with Crippen LogP contribution in [0.5, 0.6) is 11.5 Å². The molecule has 0 amide bonds. The van der Waals surface area contributed by atoms with Crippen LogP contribution in [0, 0.1) is 0 Å². The molecule has 2 aliphatic rings. The number of rotatable bonds is 12. The fourth-order valence-corrected chi connectivity index (χ4v) is 5.89. The van der Waals surface area contributed by atoms with E-state index in [0.29, 0.717) is 23.2 Å². The molecule has 2 aliphatic carbocycles. The van der Waals surface area contributed by atoms with Gasteiger partial charge in [-0.1, -0.05) is 94.0 Å². The number of hydrogen-bond donors (Lipinski definition) is 2. The molecule has 0 spiro atoms. The monoisotopic (exact) mass is 884 g/mol. The van der Waals surface area contributed by atoms with E-state index >= 15 is 0 Å². The molecule has 0 atom stereocenters. The third-order valence-electron chi connectivity index (χ3n) is 7.41. The van der Waals surface area contributed by atoms with Gasteiger partial charge in [0, 0.05) is 46.5 Å². The van der Waals surface area contributed by atoms with Crippen molar-refractivity contribution < 1.29 is 44.4 Å². The summed E-state index contributed by atoms with van der Waals surface area (Å²) in [5, 5.41) is 30.3. The molecule has 2 aromatic carbocycles. The number of nitrogens with one attached hydrogen (secondary N) is 2. The number of halogens is 2. The summed E-state index contributed by atoms with van der Waals surface area (Å²) in [6, 6.07) is 11.7. The molecule has 2 aromatic rings. The van der Waals surface area contributed by atoms with Crippen LogP contribution in [0.3, 0.4) is 0 Å². The van der Waals surface area contributed by atoms with Crippen LogP contribution in [0.4, 0.5) is 0 Å². The molecule has 0 heterocycles. The molecule has 0 aromatic heterocycles. The van der Waals surface area contributed by atoms with Gasteiger partial charge in [0.1, 0.15) is 0 Å². The largest absolute Gasteiger partial charge is 2.00 e. The molecule has 12 nitrogen and oxygen atoms in total. The van der Waals surface area contributed by atoms with Gasteiger partial charge >= 0.3 is 34.1 Å². The van der Waals surface area contributed by atoms with Gasteiger partial charge in [-0.2, -0.15) is 0 Å². The van der Waals surface area contributed by atoms with Crippen LogP contribution in [0.15, 0.2) is 55.3 Å². The Labute approximate surface area is 322 Å². The van der Waals surface area contributed by atoms with Crippen molar-refractivity contribution in [3.8, 4) is 11.5 Å². The van der Waals surface area contributed by atoms with Crippen LogP contribution in [-0.2, 0) is 34.1 Å². The topological polar surface area (TPSA) is 212 Å². The van der Waals surface area contributed by atoms with E-state index in [1.165, 1.54) is 74.0 Å². The van der Waals surface area contributed by atoms with Gasteiger partial charge < -0.3 is 43.0 Å². The van der Waals surface area contributed by atoms with Crippen LogP contribution < -0.4 is 20.8 Å². The van der Waals surface area contributed by atoms with Crippen molar-refractivity contribution in [2.45, 2.75) is 89.1 Å². The maximum atomic E-state index is 11.6. The summed E-state index contributed by atoms with van der Waals surface area (Å²) in [7, 11) is 0. The van der Waals surface area contributed by atoms with Gasteiger partial charge in [0.05, 0.1) is 0 Å². The average molecular weight is 888 g/mol. The van der Waals surface area contributed by atoms with Crippen molar-refractivity contribution in [1.82, 2.24) is 10.6 Å². The molecule has 0 unspecified atom stereocenters. The summed E-state index contributed by atoms with van der Waals surface area (Å²) < 4.78 is 1.83. The van der Waals surface area contributed by atoms with Crippen molar-refractivity contribution in [2.75, 3.05) is 26.2 Å². The number of aliphatic imine (C=N–C) groups is 2. The van der Waals surface area contributed by atoms with E-state index in [4.69, 9.17) is 22.1 Å². The third kappa shape index (κ3) is 24.1. The molecule has 2 N–H and O–H groups in total. The second-order valence-corrected chi connectivity index (χ2v) is 12.7. The Hall–Kier alpha value is -2.08. The summed E-state index contributed by atoms with van der Waals surface area (Å²) in [6.07, 6.45) is 19.0. The number of benzene rings is 2. The van der Waals surface area contributed by atoms with Crippen molar-refractivity contribution >= 4 is 44.3 Å². The Bertz CT molecular complexity index is 1150. The van der Waals surface area contributed by atoms with Crippen LogP contribution in [0.25, 0.3) is 31.9 Å². The molecule has 270 valence electrons. The SMILES string of the molecule is [Cu+2].[Cu+2].[N-]=[N+]=[N-].[N-]=[N+]=[N-].[O-]c1ccc(Br)cc1C=NCCCNC1CCCCC1.[O-]c1ccc(Br)cc1C=NCCCNC1CCCCC1. The normalized spacial score (nSPS) is 14.4. The van der Waals surface area contributed by atoms with Crippen LogP contribution in [0.2, 0.25) is 0 Å². The Kier molecular flexibility index (Phi) is 32.2. The summed E-state index contributed by atoms with van der Waals surface area (Å²) in [4.78, 5) is 11.7. The summed E-state index contributed by atoms with van der Waals surface area (Å²) in [5.74, 6) is 0.0505. The van der Waals surface area contributed by atoms with Crippen LogP contribution in [0.1, 0.15) is 88.2 Å². The van der Waals surface area contributed by atoms with Crippen molar-refractivity contribution in [1.29, 1.82) is 0 Å². The molecule has 4 rings (SSSR count). The molecular formula is C32H44Br2Cu2N10O2. The van der Waals surface area contributed by atoms with Gasteiger partial charge in [0.25, 0.3) is 0 Å². The molecular weight excluding hydrogens is 843 g/mol. The number of hydrogen-bond acceptors (Lipinski definition) is 6. The van der Waals surface area contributed by atoms with Gasteiger partial charge in [-0.25, -0.2) is 0 Å². The van der Waals surface area contributed by atoms with Gasteiger partial charge in [-0.15, -0.1) is 0 Å². The molecule has 16 heteroatoms. The third-order valence-corrected chi connectivity index (χ3v) is 8.40. The maximum Gasteiger partial charge on any atom is 2.00 e. The van der Waals surface area contributed by atoms with Crippen molar-refractivity contribution in [3.63, 3.8) is 0 Å². The number of nitrogens with zero attached hydrogens (tertiary/aromatic N) is 8. The summed E-state index contributed by atoms with van der Waals surface area (Å²) in [6.45, 7) is 3.58. The Morgan fingerprint density at radius 1 is 0.646 bits per heavy atom. The average Bonchev–Trinajstić information content (AvgIpc) is 3.06. The zero-order valence-electron chi connectivity index (χ0n) is 26.8. The minimum absolute atomic E-state index is 0. The first-order valence-electron chi connectivity index (χ1n) is 15.7. The summed E-state index contributed by atoms with van der Waals surface area (Å²) in [5.41, 5.74) is 28.3. The summed E-state index contributed by atoms with van der Waals surface area (Å²) >= 11 is 6.73. The van der Waals surface area contributed by atoms with E-state index < -0.39 is 0 Å². The molecule has 2 fully saturated rings. The van der Waals surface area contributed by atoms with E-state index in [2.05, 4.69) is 52.5 Å². The van der Waals surface area contributed by atoms with Crippen LogP contribution >= 0.6 is 31.9 Å². The van der Waals surface area contributed by atoms with Crippen LogP contribution in [-0.4, -0.2) is 50.7 Å². The molecule has 2 saturated carbocycles. The van der Waals surface area contributed by atoms with Crippen molar-refractivity contribution in [2.24, 2.45) is 9.98 Å². The van der Waals surface area contributed by atoms with E-state index in [-0.39, 0.29) is 45.6 Å². The van der Waals surface area contributed by atoms with E-state index in [1.54, 1.807) is 36.7 Å². The standard InChI is InChI=1S/2C16H23BrN2O.2Cu.2N3/c2*17-14-7-8-16(20)13(11-14)12-18-9-4-10-19-15-5-2-1-3-6-15;;;2*1-3-2/h2*7-8,11-12,15,19-20H,1-6,9-10H2;;;;/q;;2*+2;2*-1/p-2. The predicted octanol–water partition coefficient (Wildman–Crippen LogP) is 8.24. The van der Waals surface area contributed by atoms with E-state index in [1.807, 2.05) is 12.1 Å². The molecule has 48 heavy (non-hydrogen) atoms. The molecule has 0 saturated heterocycles. The Morgan fingerprint density at radius 3 is 1.31 bits per heavy atom. The van der Waals surface area contributed by atoms with Crippen molar-refractivity contribution in [3.05, 3.63) is 88.4 Å². The van der Waals surface area contributed by atoms with Gasteiger partial charge in [0.15, 0.2) is 0 Å². The predicted molar refractivity (Wildman–Crippen MR) is 191 cm³/mol. The fourth-order valence-electron chi connectivity index (χ4n) is 5.13. The molecule has 0 aliphatic heterocycles. The van der Waals surface area contributed by atoms with Gasteiger partial charge in [-0.05, 0) is 87.0 Å². The Morgan fingerprint density at radius 2 is 0.979 bits per heavy atom. The smallest absolute Gasteiger partial charge is 0.872 e. The second-order valence-electron chi connectivity index (χ2n) is 10.9. The molecule has 2 radical (unpaired) electrons. The second kappa shape index (κ2) is 32.1. The minimum atomic E-state index is 0. The minimum Gasteiger partial charge on any atom is -0.872 e. The first-order valence-corrected chi connectivity index (χ1v) is 17.3. The fraction of sp³-hybridized carbons (Fsp3) is 0.562. The maximum absolute atomic E-state index is 11.6. The quantitative estimate of drug-likeness (QED) is 0.0538. The van der Waals surface area contributed by atoms with E-state index in [9.17, 15) is 10.2 Å². The first-order chi connectivity index (χ1) is 22.3. The van der Waals surface area contributed by atoms with E-state index in [0.717, 1.165) is 48.0 Å². The molecule has 0 bridgehead atoms.